The van der Waals surface area contributed by atoms with E-state index >= 15 is 0 Å². The van der Waals surface area contributed by atoms with Crippen molar-refractivity contribution in [2.45, 2.75) is 24.7 Å². The maximum Gasteiger partial charge on any atom is 0.312 e. The van der Waals surface area contributed by atoms with Gasteiger partial charge in [0, 0.05) is 23.1 Å². The van der Waals surface area contributed by atoms with Crippen LogP contribution in [0.1, 0.15) is 36.0 Å². The van der Waals surface area contributed by atoms with E-state index < -0.39 is 17.3 Å². The maximum atomic E-state index is 13.7. The van der Waals surface area contributed by atoms with E-state index in [9.17, 15) is 14.7 Å². The zero-order valence-corrected chi connectivity index (χ0v) is 20.5. The molecule has 2 N–H and O–H groups in total. The van der Waals surface area contributed by atoms with E-state index in [-0.39, 0.29) is 12.5 Å². The van der Waals surface area contributed by atoms with Crippen LogP contribution in [0.25, 0.3) is 0 Å². The summed E-state index contributed by atoms with van der Waals surface area (Å²) in [6, 6.07) is 22.4. The second-order valence-corrected chi connectivity index (χ2v) is 9.39. The fraction of sp³-hybridized carbons (Fsp3) is 0.222. The number of nitrogens with one attached hydrogen (secondary N) is 1. The molecule has 0 bridgehead atoms. The molecule has 1 aliphatic heterocycles. The monoisotopic (exact) mass is 520 g/mol. The average Bonchev–Trinajstić information content (AvgIpc) is 2.85. The molecular formula is C27H25BrN2O4. The lowest BCUT2D eigenvalue weighted by Gasteiger charge is -2.34. The van der Waals surface area contributed by atoms with E-state index in [0.29, 0.717) is 17.7 Å². The van der Waals surface area contributed by atoms with Gasteiger partial charge in [0.2, 0.25) is 5.91 Å². The van der Waals surface area contributed by atoms with Crippen molar-refractivity contribution in [1.82, 2.24) is 5.32 Å². The van der Waals surface area contributed by atoms with Crippen LogP contribution in [0.2, 0.25) is 0 Å². The standard InChI is InChI=1S/C27H25BrN2O4/c1-27(26(33)29-16-21(25(31)32)18-9-6-10-20(13-18)34-2)15-24(17-7-4-3-5-8-17)30-23-12-11-19(28)14-22(23)27/h3-14,21H,15-16H2,1-2H3,(H,29,33)(H,31,32). The number of fused-ring (bicyclic) bond motifs is 1. The summed E-state index contributed by atoms with van der Waals surface area (Å²) in [5.74, 6) is -1.60. The van der Waals surface area contributed by atoms with Gasteiger partial charge in [-0.1, -0.05) is 58.4 Å². The van der Waals surface area contributed by atoms with Gasteiger partial charge in [0.25, 0.3) is 0 Å². The van der Waals surface area contributed by atoms with Crippen molar-refractivity contribution in [2.75, 3.05) is 13.7 Å². The predicted molar refractivity (Wildman–Crippen MR) is 135 cm³/mol. The molecule has 2 unspecified atom stereocenters. The molecule has 6 nitrogen and oxygen atoms in total. The van der Waals surface area contributed by atoms with Gasteiger partial charge in [0.15, 0.2) is 0 Å². The summed E-state index contributed by atoms with van der Waals surface area (Å²) in [6.45, 7) is 1.84. The summed E-state index contributed by atoms with van der Waals surface area (Å²) < 4.78 is 6.08. The summed E-state index contributed by atoms with van der Waals surface area (Å²) in [4.78, 5) is 30.5. The number of nitrogens with zero attached hydrogens (tertiary/aromatic N) is 1. The van der Waals surface area contributed by atoms with Gasteiger partial charge in [-0.05, 0) is 53.9 Å². The number of carboxylic acid groups (broad SMARTS) is 1. The first-order chi connectivity index (χ1) is 16.3. The summed E-state index contributed by atoms with van der Waals surface area (Å²) in [6.07, 6.45) is 0.392. The lowest BCUT2D eigenvalue weighted by Crippen LogP contribution is -2.46. The minimum absolute atomic E-state index is 0.0436. The summed E-state index contributed by atoms with van der Waals surface area (Å²) in [7, 11) is 1.53. The molecule has 0 aromatic heterocycles. The molecule has 2 atom stereocenters. The third kappa shape index (κ3) is 4.75. The van der Waals surface area contributed by atoms with E-state index in [1.54, 1.807) is 24.3 Å². The average molecular weight is 521 g/mol. The molecule has 1 heterocycles. The minimum atomic E-state index is -1.02. The van der Waals surface area contributed by atoms with Crippen molar-refractivity contribution in [2.24, 2.45) is 4.99 Å². The molecule has 34 heavy (non-hydrogen) atoms. The zero-order valence-electron chi connectivity index (χ0n) is 18.9. The molecule has 0 fully saturated rings. The second-order valence-electron chi connectivity index (χ2n) is 8.47. The quantitative estimate of drug-likeness (QED) is 0.446. The lowest BCUT2D eigenvalue weighted by atomic mass is 9.73. The van der Waals surface area contributed by atoms with Crippen molar-refractivity contribution in [3.05, 3.63) is 94.0 Å². The number of halogens is 1. The molecule has 1 amide bonds. The molecule has 174 valence electrons. The molecule has 0 saturated heterocycles. The van der Waals surface area contributed by atoms with Crippen LogP contribution in [-0.4, -0.2) is 36.3 Å². The highest BCUT2D eigenvalue weighted by atomic mass is 79.9. The number of aliphatic carboxylic acids is 1. The molecule has 0 saturated carbocycles. The smallest absolute Gasteiger partial charge is 0.312 e. The number of hydrogen-bond acceptors (Lipinski definition) is 4. The van der Waals surface area contributed by atoms with Gasteiger partial charge in [0.1, 0.15) is 5.75 Å². The molecule has 3 aromatic rings. The highest BCUT2D eigenvalue weighted by Crippen LogP contribution is 2.42. The maximum absolute atomic E-state index is 13.7. The van der Waals surface area contributed by atoms with Crippen LogP contribution < -0.4 is 10.1 Å². The normalized spacial score (nSPS) is 17.8. The third-order valence-corrected chi connectivity index (χ3v) is 6.69. The number of hydrogen-bond donors (Lipinski definition) is 2. The van der Waals surface area contributed by atoms with Crippen LogP contribution in [-0.2, 0) is 15.0 Å². The van der Waals surface area contributed by atoms with Gasteiger partial charge in [-0.3, -0.25) is 14.6 Å². The van der Waals surface area contributed by atoms with Gasteiger partial charge in [-0.25, -0.2) is 0 Å². The molecule has 0 aliphatic carbocycles. The number of amides is 1. The summed E-state index contributed by atoms with van der Waals surface area (Å²) in [5.41, 5.74) is 2.94. The largest absolute Gasteiger partial charge is 0.497 e. The van der Waals surface area contributed by atoms with Crippen molar-refractivity contribution in [3.63, 3.8) is 0 Å². The Labute approximate surface area is 206 Å². The fourth-order valence-electron chi connectivity index (χ4n) is 4.26. The number of carboxylic acids is 1. The SMILES string of the molecule is COc1cccc(C(CNC(=O)C2(C)CC(c3ccccc3)=Nc3ccc(Br)cc32)C(=O)O)c1. The second kappa shape index (κ2) is 9.81. The molecule has 0 spiro atoms. The van der Waals surface area contributed by atoms with Crippen molar-refractivity contribution >= 4 is 39.2 Å². The van der Waals surface area contributed by atoms with E-state index in [0.717, 1.165) is 27.0 Å². The first-order valence-electron chi connectivity index (χ1n) is 10.9. The Morgan fingerprint density at radius 1 is 1.12 bits per heavy atom. The number of ether oxygens (including phenoxy) is 1. The van der Waals surface area contributed by atoms with Crippen molar-refractivity contribution in [1.29, 1.82) is 0 Å². The van der Waals surface area contributed by atoms with Gasteiger partial charge in [-0.2, -0.15) is 0 Å². The number of aliphatic imine (C=N–C) groups is 1. The Morgan fingerprint density at radius 3 is 2.59 bits per heavy atom. The molecule has 4 rings (SSSR count). The fourth-order valence-corrected chi connectivity index (χ4v) is 4.62. The Morgan fingerprint density at radius 2 is 1.88 bits per heavy atom. The Hall–Kier alpha value is -3.45. The van der Waals surface area contributed by atoms with Gasteiger partial charge in [0.05, 0.1) is 24.1 Å². The highest BCUT2D eigenvalue weighted by Gasteiger charge is 2.41. The van der Waals surface area contributed by atoms with Crippen molar-refractivity contribution < 1.29 is 19.4 Å². The zero-order chi connectivity index (χ0) is 24.3. The van der Waals surface area contributed by atoms with E-state index in [1.807, 2.05) is 55.5 Å². The summed E-state index contributed by atoms with van der Waals surface area (Å²) in [5, 5.41) is 12.8. The molecule has 7 heteroatoms. The van der Waals surface area contributed by atoms with E-state index in [1.165, 1.54) is 7.11 Å². The van der Waals surface area contributed by atoms with E-state index in [2.05, 4.69) is 21.2 Å². The van der Waals surface area contributed by atoms with Crippen LogP contribution >= 0.6 is 15.9 Å². The molecule has 3 aromatic carbocycles. The molecule has 0 radical (unpaired) electrons. The number of carbonyl (C=O) groups is 2. The Kier molecular flexibility index (Phi) is 6.84. The highest BCUT2D eigenvalue weighted by molar-refractivity contribution is 9.10. The summed E-state index contributed by atoms with van der Waals surface area (Å²) >= 11 is 3.51. The van der Waals surface area contributed by atoms with E-state index in [4.69, 9.17) is 9.73 Å². The number of carbonyl (C=O) groups excluding carboxylic acids is 1. The number of rotatable bonds is 7. The van der Waals surface area contributed by atoms with Crippen LogP contribution in [0.15, 0.2) is 82.3 Å². The lowest BCUT2D eigenvalue weighted by molar-refractivity contribution is -0.138. The van der Waals surface area contributed by atoms with Crippen LogP contribution in [0.5, 0.6) is 5.75 Å². The Bertz CT molecular complexity index is 1260. The van der Waals surface area contributed by atoms with Gasteiger partial charge >= 0.3 is 5.97 Å². The number of benzene rings is 3. The first kappa shape index (κ1) is 23.7. The van der Waals surface area contributed by atoms with Crippen LogP contribution in [0, 0.1) is 0 Å². The molecular weight excluding hydrogens is 496 g/mol. The molecule has 1 aliphatic rings. The topological polar surface area (TPSA) is 88.0 Å². The Balaban J connectivity index is 1.64. The predicted octanol–water partition coefficient (Wildman–Crippen LogP) is 5.22. The van der Waals surface area contributed by atoms with Crippen LogP contribution in [0.3, 0.4) is 0 Å². The number of methoxy groups -OCH3 is 1. The van der Waals surface area contributed by atoms with Crippen molar-refractivity contribution in [3.8, 4) is 5.75 Å². The van der Waals surface area contributed by atoms with Crippen LogP contribution in [0.4, 0.5) is 5.69 Å². The van der Waals surface area contributed by atoms with Gasteiger partial charge in [-0.15, -0.1) is 0 Å². The minimum Gasteiger partial charge on any atom is -0.497 e. The first-order valence-corrected chi connectivity index (χ1v) is 11.7. The third-order valence-electron chi connectivity index (χ3n) is 6.20. The van der Waals surface area contributed by atoms with Gasteiger partial charge < -0.3 is 15.2 Å².